The van der Waals surface area contributed by atoms with E-state index in [0.717, 1.165) is 31.6 Å². The summed E-state index contributed by atoms with van der Waals surface area (Å²) in [6.07, 6.45) is 2.71. The molecule has 0 saturated carbocycles. The monoisotopic (exact) mass is 230 g/mol. The minimum Gasteiger partial charge on any atom is -0.359 e. The molecule has 16 heavy (non-hydrogen) atoms. The first kappa shape index (κ1) is 17.3. The number of carbonyl (C=O) groups is 1. The Balaban J connectivity index is 0. The fraction of sp³-hybridized carbons (Fsp3) is 0.818. The molecule has 5 nitrogen and oxygen atoms in total. The molecule has 0 aliphatic carbocycles. The Morgan fingerprint density at radius 3 is 2.38 bits per heavy atom. The van der Waals surface area contributed by atoms with Crippen molar-refractivity contribution < 1.29 is 4.79 Å². The van der Waals surface area contributed by atoms with E-state index in [1.807, 2.05) is 20.9 Å². The van der Waals surface area contributed by atoms with Gasteiger partial charge >= 0.3 is 0 Å². The van der Waals surface area contributed by atoms with Gasteiger partial charge in [0.15, 0.2) is 5.96 Å². The zero-order chi connectivity index (χ0) is 12.8. The van der Waals surface area contributed by atoms with E-state index in [4.69, 9.17) is 0 Å². The largest absolute Gasteiger partial charge is 0.359 e. The Bertz CT molecular complexity index is 183. The SMILES string of the molecule is CC.CN=C(NC)NCCCC(C=O)NC. The van der Waals surface area contributed by atoms with Gasteiger partial charge in [-0.1, -0.05) is 13.8 Å². The van der Waals surface area contributed by atoms with E-state index in [9.17, 15) is 4.79 Å². The molecule has 0 heterocycles. The topological polar surface area (TPSA) is 65.5 Å². The zero-order valence-corrected chi connectivity index (χ0v) is 11.1. The van der Waals surface area contributed by atoms with Crippen LogP contribution in [-0.2, 0) is 4.79 Å². The Morgan fingerprint density at radius 2 is 2.00 bits per heavy atom. The van der Waals surface area contributed by atoms with Crippen LogP contribution in [0.5, 0.6) is 0 Å². The van der Waals surface area contributed by atoms with Crippen molar-refractivity contribution in [2.75, 3.05) is 27.7 Å². The maximum atomic E-state index is 10.5. The third-order valence-corrected chi connectivity index (χ3v) is 1.98. The van der Waals surface area contributed by atoms with Crippen LogP contribution in [0.3, 0.4) is 0 Å². The average molecular weight is 230 g/mol. The first-order valence-corrected chi connectivity index (χ1v) is 5.79. The van der Waals surface area contributed by atoms with Gasteiger partial charge in [-0.25, -0.2) is 0 Å². The van der Waals surface area contributed by atoms with Gasteiger partial charge < -0.3 is 20.7 Å². The highest BCUT2D eigenvalue weighted by molar-refractivity contribution is 5.79. The number of carbonyl (C=O) groups excluding carboxylic acids is 1. The van der Waals surface area contributed by atoms with Crippen LogP contribution in [0, 0.1) is 0 Å². The molecule has 0 radical (unpaired) electrons. The lowest BCUT2D eigenvalue weighted by Crippen LogP contribution is -2.36. The minimum absolute atomic E-state index is 0.0339. The first-order valence-electron chi connectivity index (χ1n) is 5.79. The van der Waals surface area contributed by atoms with Crippen LogP contribution in [0.2, 0.25) is 0 Å². The molecule has 0 bridgehead atoms. The Kier molecular flexibility index (Phi) is 15.0. The van der Waals surface area contributed by atoms with Crippen molar-refractivity contribution in [2.24, 2.45) is 4.99 Å². The number of guanidine groups is 1. The molecule has 0 aromatic rings. The molecule has 0 aromatic carbocycles. The van der Waals surface area contributed by atoms with Crippen molar-refractivity contribution in [2.45, 2.75) is 32.7 Å². The number of aliphatic imine (C=N–C) groups is 1. The number of hydrogen-bond donors (Lipinski definition) is 3. The fourth-order valence-corrected chi connectivity index (χ4v) is 1.09. The molecule has 0 spiro atoms. The van der Waals surface area contributed by atoms with Crippen LogP contribution in [0.4, 0.5) is 0 Å². The quantitative estimate of drug-likeness (QED) is 0.267. The zero-order valence-electron chi connectivity index (χ0n) is 11.1. The molecule has 0 rings (SSSR count). The summed E-state index contributed by atoms with van der Waals surface area (Å²) in [6, 6.07) is -0.0339. The molecule has 3 N–H and O–H groups in total. The molecule has 0 aromatic heterocycles. The summed E-state index contributed by atoms with van der Waals surface area (Å²) in [5, 5.41) is 8.97. The summed E-state index contributed by atoms with van der Waals surface area (Å²) in [4.78, 5) is 14.4. The van der Waals surface area contributed by atoms with E-state index in [2.05, 4.69) is 20.9 Å². The third kappa shape index (κ3) is 9.45. The number of rotatable bonds is 6. The van der Waals surface area contributed by atoms with Crippen LogP contribution in [0.15, 0.2) is 4.99 Å². The minimum atomic E-state index is -0.0339. The van der Waals surface area contributed by atoms with E-state index >= 15 is 0 Å². The number of hydrogen-bond acceptors (Lipinski definition) is 3. The second-order valence-corrected chi connectivity index (χ2v) is 2.92. The van der Waals surface area contributed by atoms with E-state index in [1.54, 1.807) is 14.1 Å². The summed E-state index contributed by atoms with van der Waals surface area (Å²) in [6.45, 7) is 4.82. The molecule has 0 aliphatic rings. The third-order valence-electron chi connectivity index (χ3n) is 1.98. The van der Waals surface area contributed by atoms with Gasteiger partial charge in [0.25, 0.3) is 0 Å². The number of nitrogens with one attached hydrogen (secondary N) is 3. The smallest absolute Gasteiger partial charge is 0.190 e. The summed E-state index contributed by atoms with van der Waals surface area (Å²) in [5.41, 5.74) is 0. The van der Waals surface area contributed by atoms with Crippen molar-refractivity contribution >= 4 is 12.2 Å². The number of nitrogens with zero attached hydrogens (tertiary/aromatic N) is 1. The first-order chi connectivity index (χ1) is 7.78. The molecule has 1 unspecified atom stereocenters. The van der Waals surface area contributed by atoms with Gasteiger partial charge in [0.1, 0.15) is 6.29 Å². The molecular weight excluding hydrogens is 204 g/mol. The van der Waals surface area contributed by atoms with Gasteiger partial charge in [0, 0.05) is 20.6 Å². The van der Waals surface area contributed by atoms with Gasteiger partial charge in [-0.3, -0.25) is 4.99 Å². The molecule has 0 amide bonds. The molecule has 5 heteroatoms. The van der Waals surface area contributed by atoms with Crippen LogP contribution in [0.1, 0.15) is 26.7 Å². The van der Waals surface area contributed by atoms with E-state index < -0.39 is 0 Å². The highest BCUT2D eigenvalue weighted by Gasteiger charge is 2.02. The molecule has 0 fully saturated rings. The summed E-state index contributed by atoms with van der Waals surface area (Å²) >= 11 is 0. The normalized spacial score (nSPS) is 12.2. The van der Waals surface area contributed by atoms with Crippen molar-refractivity contribution in [1.29, 1.82) is 0 Å². The highest BCUT2D eigenvalue weighted by atomic mass is 16.1. The lowest BCUT2D eigenvalue weighted by molar-refractivity contribution is -0.109. The van der Waals surface area contributed by atoms with Gasteiger partial charge in [-0.2, -0.15) is 0 Å². The summed E-state index contributed by atoms with van der Waals surface area (Å²) < 4.78 is 0. The van der Waals surface area contributed by atoms with Gasteiger partial charge in [0.05, 0.1) is 6.04 Å². The van der Waals surface area contributed by atoms with Gasteiger partial charge in [-0.15, -0.1) is 0 Å². The average Bonchev–Trinajstić information content (AvgIpc) is 2.37. The maximum absolute atomic E-state index is 10.5. The standard InChI is InChI=1S/C9H20N4O.C2H6/c1-10-8(7-14)5-4-6-13-9(11-2)12-3;1-2/h7-8,10H,4-6H2,1-3H3,(H2,11,12,13);1-2H3. The predicted octanol–water partition coefficient (Wildman–Crippen LogP) is 0.375. The second kappa shape index (κ2) is 13.9. The lowest BCUT2D eigenvalue weighted by atomic mass is 10.2. The molecule has 96 valence electrons. The Labute approximate surface area is 99.1 Å². The summed E-state index contributed by atoms with van der Waals surface area (Å²) in [7, 11) is 5.33. The number of likely N-dealkylation sites (N-methyl/N-ethyl adjacent to an activating group) is 1. The Morgan fingerprint density at radius 1 is 1.38 bits per heavy atom. The van der Waals surface area contributed by atoms with Crippen molar-refractivity contribution in [3.63, 3.8) is 0 Å². The highest BCUT2D eigenvalue weighted by Crippen LogP contribution is 1.92. The van der Waals surface area contributed by atoms with Crippen LogP contribution in [-0.4, -0.2) is 46.0 Å². The van der Waals surface area contributed by atoms with E-state index in [0.29, 0.717) is 0 Å². The van der Waals surface area contributed by atoms with Crippen molar-refractivity contribution in [3.8, 4) is 0 Å². The fourth-order valence-electron chi connectivity index (χ4n) is 1.09. The van der Waals surface area contributed by atoms with Crippen LogP contribution in [0.25, 0.3) is 0 Å². The van der Waals surface area contributed by atoms with Crippen LogP contribution < -0.4 is 16.0 Å². The molecule has 0 saturated heterocycles. The predicted molar refractivity (Wildman–Crippen MR) is 69.9 cm³/mol. The Hall–Kier alpha value is -1.10. The molecular formula is C11H26N4O. The van der Waals surface area contributed by atoms with Gasteiger partial charge in [0.2, 0.25) is 0 Å². The summed E-state index contributed by atoms with van der Waals surface area (Å²) in [5.74, 6) is 0.775. The second-order valence-electron chi connectivity index (χ2n) is 2.92. The molecule has 1 atom stereocenters. The van der Waals surface area contributed by atoms with Crippen molar-refractivity contribution in [3.05, 3.63) is 0 Å². The lowest BCUT2D eigenvalue weighted by Gasteiger charge is -2.10. The van der Waals surface area contributed by atoms with E-state index in [1.165, 1.54) is 0 Å². The van der Waals surface area contributed by atoms with Gasteiger partial charge in [-0.05, 0) is 19.9 Å². The van der Waals surface area contributed by atoms with Crippen molar-refractivity contribution in [1.82, 2.24) is 16.0 Å². The van der Waals surface area contributed by atoms with Crippen LogP contribution >= 0.6 is 0 Å². The van der Waals surface area contributed by atoms with E-state index in [-0.39, 0.29) is 6.04 Å². The maximum Gasteiger partial charge on any atom is 0.190 e. The number of aldehydes is 1. The molecule has 0 aliphatic heterocycles.